The van der Waals surface area contributed by atoms with E-state index >= 15 is 0 Å². The number of hydrogen-bond acceptors (Lipinski definition) is 4. The second kappa shape index (κ2) is 5.21. The van der Waals surface area contributed by atoms with Crippen molar-refractivity contribution < 1.29 is 5.11 Å². The first kappa shape index (κ1) is 17.0. The third kappa shape index (κ3) is 2.05. The number of nitrogen functional groups attached to an aromatic ring is 1. The van der Waals surface area contributed by atoms with Gasteiger partial charge in [0.1, 0.15) is 0 Å². The SMILES string of the molecule is C[C@]12Cc3cnc(N)nc3C[C@@H]1CC[C@H]1[C@H]2CC[C@@]2(C)[C@H]1CC[C@@]2(C)O. The first-order valence-electron chi connectivity index (χ1n) is 10.6. The molecule has 0 amide bonds. The fraction of sp³-hybridized carbons (Fsp3) is 0.818. The molecule has 1 aromatic heterocycles. The number of hydrogen-bond donors (Lipinski definition) is 2. The molecule has 4 aliphatic rings. The molecule has 0 aliphatic heterocycles. The second-order valence-corrected chi connectivity index (χ2v) is 10.5. The summed E-state index contributed by atoms with van der Waals surface area (Å²) in [4.78, 5) is 8.84. The first-order chi connectivity index (χ1) is 12.2. The summed E-state index contributed by atoms with van der Waals surface area (Å²) in [6.07, 6.45) is 11.4. The Hall–Kier alpha value is -1.16. The van der Waals surface area contributed by atoms with Gasteiger partial charge in [0.2, 0.25) is 5.95 Å². The lowest BCUT2D eigenvalue weighted by Crippen LogP contribution is -2.56. The molecule has 4 heteroatoms. The summed E-state index contributed by atoms with van der Waals surface area (Å²) < 4.78 is 0. The Morgan fingerprint density at radius 3 is 2.65 bits per heavy atom. The third-order valence-electron chi connectivity index (χ3n) is 9.61. The van der Waals surface area contributed by atoms with Gasteiger partial charge in [0.15, 0.2) is 0 Å². The van der Waals surface area contributed by atoms with Crippen molar-refractivity contribution in [3.05, 3.63) is 17.5 Å². The van der Waals surface area contributed by atoms with Crippen molar-refractivity contribution in [2.75, 3.05) is 5.73 Å². The van der Waals surface area contributed by atoms with Crippen molar-refractivity contribution in [1.29, 1.82) is 0 Å². The maximum absolute atomic E-state index is 11.1. The molecule has 5 rings (SSSR count). The number of aromatic nitrogens is 2. The highest BCUT2D eigenvalue weighted by molar-refractivity contribution is 5.30. The highest BCUT2D eigenvalue weighted by Crippen LogP contribution is 2.67. The van der Waals surface area contributed by atoms with Gasteiger partial charge >= 0.3 is 0 Å². The standard InChI is InChI=1S/C22H33N3O/c1-20-11-13-12-24-19(23)25-18(13)10-14(20)4-5-15-16(20)6-8-21(2)17(15)7-9-22(21,3)26/h12,14-17,26H,4-11H2,1-3H3,(H2,23,24,25)/t14-,15-,16+,17-,20-,21-,22+/m0/s1. The lowest BCUT2D eigenvalue weighted by atomic mass is 9.44. The normalized spacial score (nSPS) is 49.7. The average molecular weight is 356 g/mol. The van der Waals surface area contributed by atoms with Gasteiger partial charge in [-0.25, -0.2) is 9.97 Å². The van der Waals surface area contributed by atoms with E-state index in [0.717, 1.165) is 37.0 Å². The van der Waals surface area contributed by atoms with Crippen LogP contribution >= 0.6 is 0 Å². The van der Waals surface area contributed by atoms with Crippen LogP contribution in [-0.2, 0) is 12.8 Å². The molecular formula is C22H33N3O. The lowest BCUT2D eigenvalue weighted by Gasteiger charge is -2.61. The number of aliphatic hydroxyl groups is 1. The van der Waals surface area contributed by atoms with Gasteiger partial charge in [0.05, 0.1) is 5.60 Å². The number of nitrogens with zero attached hydrogens (tertiary/aromatic N) is 2. The maximum Gasteiger partial charge on any atom is 0.220 e. The van der Waals surface area contributed by atoms with Gasteiger partial charge in [-0.15, -0.1) is 0 Å². The zero-order valence-corrected chi connectivity index (χ0v) is 16.5. The fourth-order valence-electron chi connectivity index (χ4n) is 7.81. The smallest absolute Gasteiger partial charge is 0.220 e. The number of nitrogens with two attached hydrogens (primary N) is 1. The van der Waals surface area contributed by atoms with Crippen molar-refractivity contribution in [2.45, 2.75) is 77.7 Å². The number of rotatable bonds is 0. The Labute approximate surface area is 157 Å². The molecule has 0 spiro atoms. The molecule has 0 bridgehead atoms. The number of fused-ring (bicyclic) bond motifs is 6. The molecule has 142 valence electrons. The van der Waals surface area contributed by atoms with Crippen molar-refractivity contribution in [3.8, 4) is 0 Å². The quantitative estimate of drug-likeness (QED) is 0.743. The minimum absolute atomic E-state index is 0.113. The van der Waals surface area contributed by atoms with Gasteiger partial charge in [-0.05, 0) is 98.4 Å². The van der Waals surface area contributed by atoms with E-state index < -0.39 is 5.60 Å². The second-order valence-electron chi connectivity index (χ2n) is 10.5. The Kier molecular flexibility index (Phi) is 3.40. The lowest BCUT2D eigenvalue weighted by molar-refractivity contribution is -0.139. The third-order valence-corrected chi connectivity index (χ3v) is 9.61. The first-order valence-corrected chi connectivity index (χ1v) is 10.6. The van der Waals surface area contributed by atoms with Crippen LogP contribution in [0, 0.1) is 34.5 Å². The molecule has 3 fully saturated rings. The summed E-state index contributed by atoms with van der Waals surface area (Å²) in [5.41, 5.74) is 8.35. The van der Waals surface area contributed by atoms with E-state index in [1.807, 2.05) is 6.20 Å². The van der Waals surface area contributed by atoms with Crippen molar-refractivity contribution in [1.82, 2.24) is 9.97 Å². The maximum atomic E-state index is 11.1. The summed E-state index contributed by atoms with van der Waals surface area (Å²) in [5.74, 6) is 3.39. The molecule has 0 unspecified atom stereocenters. The van der Waals surface area contributed by atoms with E-state index in [2.05, 4.69) is 30.7 Å². The van der Waals surface area contributed by atoms with E-state index in [-0.39, 0.29) is 5.41 Å². The van der Waals surface area contributed by atoms with Crippen LogP contribution in [0.1, 0.15) is 70.6 Å². The summed E-state index contributed by atoms with van der Waals surface area (Å²) in [5, 5.41) is 11.1. The van der Waals surface area contributed by atoms with E-state index in [0.29, 0.717) is 17.3 Å². The predicted molar refractivity (Wildman–Crippen MR) is 102 cm³/mol. The topological polar surface area (TPSA) is 72.0 Å². The van der Waals surface area contributed by atoms with Crippen LogP contribution in [0.2, 0.25) is 0 Å². The molecule has 7 atom stereocenters. The molecule has 4 aliphatic carbocycles. The minimum Gasteiger partial charge on any atom is -0.390 e. The zero-order valence-electron chi connectivity index (χ0n) is 16.5. The van der Waals surface area contributed by atoms with Crippen molar-refractivity contribution in [3.63, 3.8) is 0 Å². The molecule has 1 heterocycles. The van der Waals surface area contributed by atoms with Gasteiger partial charge in [-0.2, -0.15) is 0 Å². The summed E-state index contributed by atoms with van der Waals surface area (Å²) >= 11 is 0. The van der Waals surface area contributed by atoms with E-state index in [1.54, 1.807) is 0 Å². The van der Waals surface area contributed by atoms with Crippen LogP contribution in [0.15, 0.2) is 6.20 Å². The van der Waals surface area contributed by atoms with Crippen molar-refractivity contribution in [2.24, 2.45) is 34.5 Å². The van der Waals surface area contributed by atoms with Crippen LogP contribution in [0.3, 0.4) is 0 Å². The summed E-state index contributed by atoms with van der Waals surface area (Å²) in [6, 6.07) is 0. The van der Waals surface area contributed by atoms with Crippen molar-refractivity contribution >= 4 is 5.95 Å². The van der Waals surface area contributed by atoms with Crippen LogP contribution in [0.25, 0.3) is 0 Å². The van der Waals surface area contributed by atoms with Crippen LogP contribution in [0.5, 0.6) is 0 Å². The van der Waals surface area contributed by atoms with Crippen LogP contribution in [-0.4, -0.2) is 20.7 Å². The molecule has 4 nitrogen and oxygen atoms in total. The molecule has 1 aromatic rings. The van der Waals surface area contributed by atoms with Crippen LogP contribution < -0.4 is 5.73 Å². The molecular weight excluding hydrogens is 322 g/mol. The summed E-state index contributed by atoms with van der Waals surface area (Å²) in [6.45, 7) is 7.02. The average Bonchev–Trinajstić information content (AvgIpc) is 2.83. The minimum atomic E-state index is -0.481. The van der Waals surface area contributed by atoms with Crippen LogP contribution in [0.4, 0.5) is 5.95 Å². The molecule has 0 saturated heterocycles. The molecule has 3 saturated carbocycles. The van der Waals surface area contributed by atoms with Gasteiger partial charge < -0.3 is 10.8 Å². The van der Waals surface area contributed by atoms with Gasteiger partial charge in [-0.3, -0.25) is 0 Å². The Bertz CT molecular complexity index is 747. The molecule has 3 N–H and O–H groups in total. The van der Waals surface area contributed by atoms with E-state index in [9.17, 15) is 5.11 Å². The fourth-order valence-corrected chi connectivity index (χ4v) is 7.81. The Balaban J connectivity index is 1.50. The predicted octanol–water partition coefficient (Wildman–Crippen LogP) is 3.77. The summed E-state index contributed by atoms with van der Waals surface area (Å²) in [7, 11) is 0. The van der Waals surface area contributed by atoms with E-state index in [4.69, 9.17) is 5.73 Å². The highest BCUT2D eigenvalue weighted by atomic mass is 16.3. The highest BCUT2D eigenvalue weighted by Gasteiger charge is 2.63. The zero-order chi connectivity index (χ0) is 18.3. The van der Waals surface area contributed by atoms with E-state index in [1.165, 1.54) is 43.4 Å². The van der Waals surface area contributed by atoms with Gasteiger partial charge in [0, 0.05) is 11.9 Å². The largest absolute Gasteiger partial charge is 0.390 e. The van der Waals surface area contributed by atoms with Gasteiger partial charge in [-0.1, -0.05) is 13.8 Å². The Morgan fingerprint density at radius 2 is 1.85 bits per heavy atom. The number of anilines is 1. The molecule has 0 aromatic carbocycles. The molecule has 26 heavy (non-hydrogen) atoms. The van der Waals surface area contributed by atoms with Gasteiger partial charge in [0.25, 0.3) is 0 Å². The molecule has 0 radical (unpaired) electrons. The Morgan fingerprint density at radius 1 is 1.08 bits per heavy atom. The monoisotopic (exact) mass is 355 g/mol.